The number of aliphatic hydroxyl groups is 1. The molecule has 0 aliphatic heterocycles. The van der Waals surface area contributed by atoms with Crippen LogP contribution in [-0.2, 0) is 47.7 Å². The lowest BCUT2D eigenvalue weighted by atomic mass is 9.97. The summed E-state index contributed by atoms with van der Waals surface area (Å²) in [5.41, 5.74) is 0. The van der Waals surface area contributed by atoms with Gasteiger partial charge in [-0.15, -0.1) is 0 Å². The quantitative estimate of drug-likeness (QED) is 0.273. The molecule has 0 unspecified atom stereocenters. The van der Waals surface area contributed by atoms with Crippen LogP contribution in [-0.4, -0.2) is 71.6 Å². The van der Waals surface area contributed by atoms with Gasteiger partial charge in [0, 0.05) is 34.6 Å². The molecule has 0 spiro atoms. The van der Waals surface area contributed by atoms with E-state index in [0.29, 0.717) is 0 Å². The normalized spacial score (nSPS) is 14.7. The molecule has 11 nitrogen and oxygen atoms in total. The standard InChI is InChI=1S/C16H22O11/c1-7(17)13(23)15(26-10(4)20)16(27-11(5)21)14(25-9(3)19)12(22)6-24-8(2)18/h12,14-16,22H,6H2,1-5H3/t12-,14-,15+,16+/m1/s1. The second kappa shape index (κ2) is 11.0. The molecule has 0 bridgehead atoms. The smallest absolute Gasteiger partial charge is 0.303 e. The summed E-state index contributed by atoms with van der Waals surface area (Å²) in [6, 6.07) is 0. The van der Waals surface area contributed by atoms with E-state index >= 15 is 0 Å². The minimum Gasteiger partial charge on any atom is -0.463 e. The zero-order valence-corrected chi connectivity index (χ0v) is 15.5. The Morgan fingerprint density at radius 1 is 0.704 bits per heavy atom. The summed E-state index contributed by atoms with van der Waals surface area (Å²) in [5.74, 6) is -5.98. The second-order valence-corrected chi connectivity index (χ2v) is 5.47. The maximum absolute atomic E-state index is 12.2. The highest BCUT2D eigenvalue weighted by atomic mass is 16.6. The zero-order valence-electron chi connectivity index (χ0n) is 15.5. The Kier molecular flexibility index (Phi) is 9.86. The molecule has 0 radical (unpaired) electrons. The molecular weight excluding hydrogens is 368 g/mol. The van der Waals surface area contributed by atoms with Gasteiger partial charge in [-0.05, 0) is 0 Å². The average Bonchev–Trinajstić information content (AvgIpc) is 2.52. The van der Waals surface area contributed by atoms with Crippen LogP contribution >= 0.6 is 0 Å². The molecule has 0 rings (SSSR count). The molecule has 152 valence electrons. The lowest BCUT2D eigenvalue weighted by Crippen LogP contribution is -2.55. The summed E-state index contributed by atoms with van der Waals surface area (Å²) in [6.45, 7) is 4.09. The van der Waals surface area contributed by atoms with Crippen LogP contribution in [0, 0.1) is 0 Å². The first-order valence-corrected chi connectivity index (χ1v) is 7.74. The molecule has 0 heterocycles. The molecule has 0 saturated carbocycles. The first-order chi connectivity index (χ1) is 12.4. The summed E-state index contributed by atoms with van der Waals surface area (Å²) in [5, 5.41) is 10.2. The van der Waals surface area contributed by atoms with Crippen LogP contribution in [0.2, 0.25) is 0 Å². The summed E-state index contributed by atoms with van der Waals surface area (Å²) in [4.78, 5) is 68.7. The minimum absolute atomic E-state index is 0.688. The molecule has 0 aromatic heterocycles. The molecule has 4 atom stereocenters. The summed E-state index contributed by atoms with van der Waals surface area (Å²) in [6.07, 6.45) is -7.39. The fourth-order valence-electron chi connectivity index (χ4n) is 2.00. The van der Waals surface area contributed by atoms with Crippen LogP contribution in [0.15, 0.2) is 0 Å². The number of carbonyl (C=O) groups is 6. The number of carbonyl (C=O) groups excluding carboxylic acids is 6. The second-order valence-electron chi connectivity index (χ2n) is 5.47. The van der Waals surface area contributed by atoms with Gasteiger partial charge in [0.25, 0.3) is 0 Å². The van der Waals surface area contributed by atoms with Crippen LogP contribution in [0.1, 0.15) is 34.6 Å². The number of rotatable bonds is 10. The predicted molar refractivity (Wildman–Crippen MR) is 85.0 cm³/mol. The Morgan fingerprint density at radius 3 is 1.52 bits per heavy atom. The van der Waals surface area contributed by atoms with Gasteiger partial charge in [0.1, 0.15) is 12.7 Å². The van der Waals surface area contributed by atoms with Crippen molar-refractivity contribution < 1.29 is 52.8 Å². The monoisotopic (exact) mass is 390 g/mol. The maximum Gasteiger partial charge on any atom is 0.303 e. The Hall–Kier alpha value is -2.82. The van der Waals surface area contributed by atoms with Crippen molar-refractivity contribution >= 4 is 35.4 Å². The fraction of sp³-hybridized carbons (Fsp3) is 0.625. The lowest BCUT2D eigenvalue weighted by Gasteiger charge is -2.33. The van der Waals surface area contributed by atoms with E-state index in [1.165, 1.54) is 0 Å². The van der Waals surface area contributed by atoms with Gasteiger partial charge in [-0.2, -0.15) is 0 Å². The average molecular weight is 390 g/mol. The molecule has 0 fully saturated rings. The van der Waals surface area contributed by atoms with Crippen LogP contribution < -0.4 is 0 Å². The van der Waals surface area contributed by atoms with Crippen LogP contribution in [0.4, 0.5) is 0 Å². The molecule has 0 aliphatic carbocycles. The third kappa shape index (κ3) is 8.90. The van der Waals surface area contributed by atoms with Gasteiger partial charge >= 0.3 is 23.9 Å². The van der Waals surface area contributed by atoms with Crippen molar-refractivity contribution in [3.63, 3.8) is 0 Å². The molecular formula is C16H22O11. The largest absolute Gasteiger partial charge is 0.463 e. The Labute approximate surface area is 154 Å². The molecule has 0 aromatic carbocycles. The van der Waals surface area contributed by atoms with E-state index in [9.17, 15) is 33.9 Å². The van der Waals surface area contributed by atoms with Crippen molar-refractivity contribution in [1.82, 2.24) is 0 Å². The van der Waals surface area contributed by atoms with Gasteiger partial charge in [-0.25, -0.2) is 0 Å². The van der Waals surface area contributed by atoms with E-state index in [0.717, 1.165) is 34.6 Å². The van der Waals surface area contributed by atoms with E-state index in [2.05, 4.69) is 4.74 Å². The molecule has 0 amide bonds. The Bertz CT molecular complexity index is 609. The molecule has 0 aliphatic rings. The minimum atomic E-state index is -1.99. The fourth-order valence-corrected chi connectivity index (χ4v) is 2.00. The van der Waals surface area contributed by atoms with Crippen molar-refractivity contribution in [3.05, 3.63) is 0 Å². The van der Waals surface area contributed by atoms with Crippen molar-refractivity contribution in [3.8, 4) is 0 Å². The van der Waals surface area contributed by atoms with Crippen molar-refractivity contribution in [2.45, 2.75) is 59.0 Å². The van der Waals surface area contributed by atoms with Crippen LogP contribution in [0.25, 0.3) is 0 Å². The number of ether oxygens (including phenoxy) is 4. The topological polar surface area (TPSA) is 160 Å². The van der Waals surface area contributed by atoms with Gasteiger partial charge in [0.2, 0.25) is 11.9 Å². The first kappa shape index (κ1) is 24.2. The highest BCUT2D eigenvalue weighted by Crippen LogP contribution is 2.19. The van der Waals surface area contributed by atoms with E-state index in [-0.39, 0.29) is 0 Å². The van der Waals surface area contributed by atoms with Gasteiger partial charge in [0.15, 0.2) is 18.0 Å². The van der Waals surface area contributed by atoms with E-state index in [4.69, 9.17) is 14.2 Å². The van der Waals surface area contributed by atoms with Crippen LogP contribution in [0.5, 0.6) is 0 Å². The summed E-state index contributed by atoms with van der Waals surface area (Å²) < 4.78 is 19.2. The predicted octanol–water partition coefficient (Wildman–Crippen LogP) is -1.14. The van der Waals surface area contributed by atoms with E-state index in [1.807, 2.05) is 0 Å². The highest BCUT2D eigenvalue weighted by Gasteiger charge is 2.45. The number of Topliss-reactive ketones (excluding diaryl/α,β-unsaturated/α-hetero) is 2. The Balaban J connectivity index is 6.03. The molecule has 11 heteroatoms. The van der Waals surface area contributed by atoms with E-state index < -0.39 is 66.5 Å². The summed E-state index contributed by atoms with van der Waals surface area (Å²) in [7, 11) is 0. The van der Waals surface area contributed by atoms with Gasteiger partial charge in [-0.1, -0.05) is 0 Å². The zero-order chi connectivity index (χ0) is 21.3. The third-order valence-corrected chi connectivity index (χ3v) is 2.96. The summed E-state index contributed by atoms with van der Waals surface area (Å²) >= 11 is 0. The van der Waals surface area contributed by atoms with Gasteiger partial charge in [0.05, 0.1) is 0 Å². The van der Waals surface area contributed by atoms with Gasteiger partial charge in [-0.3, -0.25) is 28.8 Å². The Morgan fingerprint density at radius 2 is 1.15 bits per heavy atom. The van der Waals surface area contributed by atoms with Gasteiger partial charge < -0.3 is 24.1 Å². The maximum atomic E-state index is 12.2. The molecule has 0 saturated heterocycles. The van der Waals surface area contributed by atoms with Crippen molar-refractivity contribution in [2.24, 2.45) is 0 Å². The third-order valence-electron chi connectivity index (χ3n) is 2.96. The van der Waals surface area contributed by atoms with Crippen LogP contribution in [0.3, 0.4) is 0 Å². The number of esters is 4. The lowest BCUT2D eigenvalue weighted by molar-refractivity contribution is -0.197. The molecule has 0 aromatic rings. The molecule has 27 heavy (non-hydrogen) atoms. The number of ketones is 2. The molecule has 1 N–H and O–H groups in total. The number of aliphatic hydroxyl groups excluding tert-OH is 1. The number of hydrogen-bond acceptors (Lipinski definition) is 11. The van der Waals surface area contributed by atoms with Crippen molar-refractivity contribution in [1.29, 1.82) is 0 Å². The first-order valence-electron chi connectivity index (χ1n) is 7.74. The number of hydrogen-bond donors (Lipinski definition) is 1. The highest BCUT2D eigenvalue weighted by molar-refractivity contribution is 6.38. The van der Waals surface area contributed by atoms with Crippen molar-refractivity contribution in [2.75, 3.05) is 6.61 Å². The van der Waals surface area contributed by atoms with E-state index in [1.54, 1.807) is 0 Å². The SMILES string of the molecule is CC(=O)OC[C@@H](O)[C@@H](OC(C)=O)[C@H](OC(C)=O)[C@@H](OC(C)=O)C(=O)C(C)=O.